The number of nitrogens with two attached hydrogens (primary N) is 1. The van der Waals surface area contributed by atoms with Crippen LogP contribution in [0.5, 0.6) is 0 Å². The highest BCUT2D eigenvalue weighted by atomic mass is 32.2. The average Bonchev–Trinajstić information content (AvgIpc) is 2.38. The Morgan fingerprint density at radius 2 is 1.85 bits per heavy atom. The first-order valence-electron chi connectivity index (χ1n) is 6.45. The molecule has 0 saturated carbocycles. The van der Waals surface area contributed by atoms with Gasteiger partial charge in [0.25, 0.3) is 0 Å². The summed E-state index contributed by atoms with van der Waals surface area (Å²) in [5.74, 6) is -0.932. The SMILES string of the molecule is NC(=O)C1CNCCN1S(=O)(=O)C1CCS(=O)(=O)CC1. The van der Waals surface area contributed by atoms with Crippen LogP contribution in [0.2, 0.25) is 0 Å². The van der Waals surface area contributed by atoms with Crippen LogP contribution in [0.25, 0.3) is 0 Å². The highest BCUT2D eigenvalue weighted by Gasteiger charge is 2.42. The lowest BCUT2D eigenvalue weighted by Crippen LogP contribution is -2.60. The normalized spacial score (nSPS) is 29.1. The molecule has 3 N–H and O–H groups in total. The maximum Gasteiger partial charge on any atom is 0.237 e. The molecule has 0 aromatic rings. The smallest absolute Gasteiger partial charge is 0.237 e. The molecule has 2 rings (SSSR count). The average molecular weight is 325 g/mol. The highest BCUT2D eigenvalue weighted by molar-refractivity contribution is 7.92. The number of sulfone groups is 1. The van der Waals surface area contributed by atoms with E-state index in [1.54, 1.807) is 0 Å². The molecule has 0 radical (unpaired) electrons. The summed E-state index contributed by atoms with van der Waals surface area (Å²) in [4.78, 5) is 11.4. The molecule has 2 aliphatic rings. The van der Waals surface area contributed by atoms with Gasteiger partial charge in [0, 0.05) is 19.6 Å². The molecule has 10 heteroatoms. The molecular weight excluding hydrogens is 306 g/mol. The van der Waals surface area contributed by atoms with Crippen molar-refractivity contribution >= 4 is 25.8 Å². The van der Waals surface area contributed by atoms with E-state index >= 15 is 0 Å². The monoisotopic (exact) mass is 325 g/mol. The van der Waals surface area contributed by atoms with Crippen LogP contribution in [0.3, 0.4) is 0 Å². The van der Waals surface area contributed by atoms with Gasteiger partial charge < -0.3 is 11.1 Å². The van der Waals surface area contributed by atoms with Gasteiger partial charge in [0.2, 0.25) is 15.9 Å². The van der Waals surface area contributed by atoms with Gasteiger partial charge in [0.15, 0.2) is 0 Å². The number of hydrogen-bond donors (Lipinski definition) is 2. The molecule has 0 aliphatic carbocycles. The predicted molar refractivity (Wildman–Crippen MR) is 73.2 cm³/mol. The fourth-order valence-electron chi connectivity index (χ4n) is 2.59. The Morgan fingerprint density at radius 1 is 1.25 bits per heavy atom. The van der Waals surface area contributed by atoms with Crippen LogP contribution >= 0.6 is 0 Å². The fraction of sp³-hybridized carbons (Fsp3) is 0.900. The van der Waals surface area contributed by atoms with Gasteiger partial charge >= 0.3 is 0 Å². The second kappa shape index (κ2) is 5.58. The van der Waals surface area contributed by atoms with Crippen LogP contribution in [-0.4, -0.2) is 69.5 Å². The number of primary amides is 1. The molecule has 2 aliphatic heterocycles. The van der Waals surface area contributed by atoms with Crippen LogP contribution in [0.15, 0.2) is 0 Å². The minimum Gasteiger partial charge on any atom is -0.368 e. The van der Waals surface area contributed by atoms with Gasteiger partial charge in [-0.2, -0.15) is 4.31 Å². The first-order valence-corrected chi connectivity index (χ1v) is 9.77. The van der Waals surface area contributed by atoms with Crippen molar-refractivity contribution in [1.29, 1.82) is 0 Å². The molecule has 0 aromatic heterocycles. The second-order valence-electron chi connectivity index (χ2n) is 5.13. The summed E-state index contributed by atoms with van der Waals surface area (Å²) in [7, 11) is -6.82. The number of piperazine rings is 1. The third-order valence-electron chi connectivity index (χ3n) is 3.77. The summed E-state index contributed by atoms with van der Waals surface area (Å²) in [5, 5.41) is 2.19. The number of carbonyl (C=O) groups excluding carboxylic acids is 1. The molecule has 8 nitrogen and oxygen atoms in total. The molecule has 20 heavy (non-hydrogen) atoms. The van der Waals surface area contributed by atoms with E-state index in [0.717, 1.165) is 4.31 Å². The van der Waals surface area contributed by atoms with E-state index in [9.17, 15) is 21.6 Å². The number of rotatable bonds is 3. The Bertz CT molecular complexity index is 572. The lowest BCUT2D eigenvalue weighted by molar-refractivity contribution is -0.122. The van der Waals surface area contributed by atoms with Crippen LogP contribution in [0.4, 0.5) is 0 Å². The van der Waals surface area contributed by atoms with Crippen molar-refractivity contribution in [3.05, 3.63) is 0 Å². The topological polar surface area (TPSA) is 127 Å². The van der Waals surface area contributed by atoms with Gasteiger partial charge in [-0.15, -0.1) is 0 Å². The molecule has 2 saturated heterocycles. The molecular formula is C10H19N3O5S2. The zero-order valence-electron chi connectivity index (χ0n) is 11.0. The van der Waals surface area contributed by atoms with Crippen LogP contribution in [0, 0.1) is 0 Å². The van der Waals surface area contributed by atoms with E-state index in [2.05, 4.69) is 5.32 Å². The Balaban J connectivity index is 2.19. The Morgan fingerprint density at radius 3 is 2.40 bits per heavy atom. The van der Waals surface area contributed by atoms with E-state index in [1.165, 1.54) is 0 Å². The number of nitrogens with one attached hydrogen (secondary N) is 1. The fourth-order valence-corrected chi connectivity index (χ4v) is 6.47. The Kier molecular flexibility index (Phi) is 4.38. The van der Waals surface area contributed by atoms with E-state index in [4.69, 9.17) is 5.73 Å². The largest absolute Gasteiger partial charge is 0.368 e. The molecule has 0 spiro atoms. The minimum absolute atomic E-state index is 0.0834. The minimum atomic E-state index is -3.70. The standard InChI is InChI=1S/C10H19N3O5S2/c11-10(14)9-7-12-3-4-13(9)20(17,18)8-1-5-19(15,16)6-2-8/h8-9,12H,1-7H2,(H2,11,14). The quantitative estimate of drug-likeness (QED) is 0.598. The summed E-state index contributed by atoms with van der Waals surface area (Å²) in [6, 6.07) is -0.896. The van der Waals surface area contributed by atoms with Crippen molar-refractivity contribution in [2.24, 2.45) is 5.73 Å². The second-order valence-corrected chi connectivity index (χ2v) is 9.60. The third kappa shape index (κ3) is 3.13. The molecule has 2 fully saturated rings. The van der Waals surface area contributed by atoms with Crippen molar-refractivity contribution in [3.63, 3.8) is 0 Å². The van der Waals surface area contributed by atoms with E-state index in [0.29, 0.717) is 6.54 Å². The third-order valence-corrected chi connectivity index (χ3v) is 7.89. The van der Waals surface area contributed by atoms with Crippen molar-refractivity contribution in [2.45, 2.75) is 24.1 Å². The number of sulfonamides is 1. The van der Waals surface area contributed by atoms with E-state index in [-0.39, 0.29) is 37.4 Å². The summed E-state index contributed by atoms with van der Waals surface area (Å²) >= 11 is 0. The van der Waals surface area contributed by atoms with Crippen molar-refractivity contribution in [3.8, 4) is 0 Å². The van der Waals surface area contributed by atoms with Crippen molar-refractivity contribution < 1.29 is 21.6 Å². The molecule has 0 aromatic carbocycles. The van der Waals surface area contributed by atoms with Crippen molar-refractivity contribution in [2.75, 3.05) is 31.1 Å². The van der Waals surface area contributed by atoms with Gasteiger partial charge in [-0.25, -0.2) is 16.8 Å². The number of carbonyl (C=O) groups is 1. The summed E-state index contributed by atoms with van der Waals surface area (Å²) < 4.78 is 49.0. The van der Waals surface area contributed by atoms with Crippen LogP contribution in [-0.2, 0) is 24.7 Å². The summed E-state index contributed by atoms with van der Waals surface area (Å²) in [6.07, 6.45) is 0.167. The molecule has 116 valence electrons. The zero-order valence-corrected chi connectivity index (χ0v) is 12.6. The molecule has 2 heterocycles. The lowest BCUT2D eigenvalue weighted by Gasteiger charge is -2.36. The number of amides is 1. The molecule has 1 atom stereocenters. The maximum absolute atomic E-state index is 12.6. The molecule has 0 bridgehead atoms. The Labute approximate surface area is 118 Å². The number of nitrogens with zero attached hydrogens (tertiary/aromatic N) is 1. The van der Waals surface area contributed by atoms with Gasteiger partial charge in [0.1, 0.15) is 15.9 Å². The van der Waals surface area contributed by atoms with Gasteiger partial charge in [-0.1, -0.05) is 0 Å². The number of hydrogen-bond acceptors (Lipinski definition) is 6. The zero-order chi connectivity index (χ0) is 15.0. The Hall–Kier alpha value is -0.710. The first-order chi connectivity index (χ1) is 9.24. The predicted octanol–water partition coefficient (Wildman–Crippen LogP) is -2.35. The van der Waals surface area contributed by atoms with E-state index < -0.39 is 37.1 Å². The maximum atomic E-state index is 12.6. The highest BCUT2D eigenvalue weighted by Crippen LogP contribution is 2.24. The van der Waals surface area contributed by atoms with Crippen LogP contribution in [0.1, 0.15) is 12.8 Å². The summed E-state index contributed by atoms with van der Waals surface area (Å²) in [6.45, 7) is 0.826. The van der Waals surface area contributed by atoms with Crippen LogP contribution < -0.4 is 11.1 Å². The molecule has 1 unspecified atom stereocenters. The summed E-state index contributed by atoms with van der Waals surface area (Å²) in [5.41, 5.74) is 5.25. The van der Waals surface area contributed by atoms with Gasteiger partial charge in [-0.3, -0.25) is 4.79 Å². The van der Waals surface area contributed by atoms with Gasteiger partial charge in [-0.05, 0) is 12.8 Å². The lowest BCUT2D eigenvalue weighted by atomic mass is 10.2. The van der Waals surface area contributed by atoms with E-state index in [1.807, 2.05) is 0 Å². The molecule has 1 amide bonds. The first kappa shape index (κ1) is 15.7. The van der Waals surface area contributed by atoms with Gasteiger partial charge in [0.05, 0.1) is 16.8 Å². The van der Waals surface area contributed by atoms with Crippen molar-refractivity contribution in [1.82, 2.24) is 9.62 Å².